The number of benzene rings is 1. The molecule has 6 nitrogen and oxygen atoms in total. The van der Waals surface area contributed by atoms with E-state index >= 15 is 0 Å². The SMILES string of the molecule is Cc1nccc(-c2ccc(-c3noc(CN4CCC(C)CC4)n3)cc2)n1. The summed E-state index contributed by atoms with van der Waals surface area (Å²) in [5.41, 5.74) is 2.91. The van der Waals surface area contributed by atoms with Crippen LogP contribution in [0.2, 0.25) is 0 Å². The Labute approximate surface area is 153 Å². The summed E-state index contributed by atoms with van der Waals surface area (Å²) in [6.45, 7) is 7.15. The predicted octanol–water partition coefficient (Wildman–Crippen LogP) is 3.73. The van der Waals surface area contributed by atoms with Crippen LogP contribution in [0.4, 0.5) is 0 Å². The van der Waals surface area contributed by atoms with Gasteiger partial charge >= 0.3 is 0 Å². The van der Waals surface area contributed by atoms with Crippen molar-refractivity contribution in [3.8, 4) is 22.6 Å². The van der Waals surface area contributed by atoms with Crippen molar-refractivity contribution in [2.24, 2.45) is 5.92 Å². The lowest BCUT2D eigenvalue weighted by Gasteiger charge is -2.28. The van der Waals surface area contributed by atoms with Gasteiger partial charge in [0.25, 0.3) is 0 Å². The van der Waals surface area contributed by atoms with Gasteiger partial charge in [0.1, 0.15) is 5.82 Å². The van der Waals surface area contributed by atoms with Gasteiger partial charge in [-0.3, -0.25) is 4.90 Å². The average molecular weight is 349 g/mol. The van der Waals surface area contributed by atoms with E-state index in [-0.39, 0.29) is 0 Å². The lowest BCUT2D eigenvalue weighted by Crippen LogP contribution is -2.32. The van der Waals surface area contributed by atoms with Crippen molar-refractivity contribution in [1.29, 1.82) is 0 Å². The van der Waals surface area contributed by atoms with Crippen molar-refractivity contribution in [3.63, 3.8) is 0 Å². The second kappa shape index (κ2) is 7.33. The second-order valence-electron chi connectivity index (χ2n) is 7.04. The van der Waals surface area contributed by atoms with Crippen LogP contribution in [0.3, 0.4) is 0 Å². The van der Waals surface area contributed by atoms with Gasteiger partial charge in [0, 0.05) is 17.3 Å². The van der Waals surface area contributed by atoms with Gasteiger partial charge < -0.3 is 4.52 Å². The Morgan fingerprint density at radius 3 is 2.50 bits per heavy atom. The maximum Gasteiger partial charge on any atom is 0.241 e. The van der Waals surface area contributed by atoms with E-state index in [1.54, 1.807) is 6.20 Å². The van der Waals surface area contributed by atoms with Crippen LogP contribution < -0.4 is 0 Å². The summed E-state index contributed by atoms with van der Waals surface area (Å²) in [4.78, 5) is 15.5. The number of likely N-dealkylation sites (tertiary alicyclic amines) is 1. The van der Waals surface area contributed by atoms with Crippen LogP contribution in [0, 0.1) is 12.8 Å². The van der Waals surface area contributed by atoms with E-state index in [1.807, 2.05) is 37.3 Å². The highest BCUT2D eigenvalue weighted by Gasteiger charge is 2.18. The normalized spacial score (nSPS) is 16.1. The largest absolute Gasteiger partial charge is 0.338 e. The van der Waals surface area contributed by atoms with Crippen molar-refractivity contribution in [3.05, 3.63) is 48.2 Å². The highest BCUT2D eigenvalue weighted by Crippen LogP contribution is 2.23. The summed E-state index contributed by atoms with van der Waals surface area (Å²) >= 11 is 0. The average Bonchev–Trinajstić information content (AvgIpc) is 3.12. The van der Waals surface area contributed by atoms with Crippen molar-refractivity contribution in [2.45, 2.75) is 33.2 Å². The van der Waals surface area contributed by atoms with Gasteiger partial charge in [-0.1, -0.05) is 36.3 Å². The fourth-order valence-corrected chi connectivity index (χ4v) is 3.25. The van der Waals surface area contributed by atoms with Gasteiger partial charge in [0.2, 0.25) is 11.7 Å². The van der Waals surface area contributed by atoms with Gasteiger partial charge in [-0.05, 0) is 44.8 Å². The predicted molar refractivity (Wildman–Crippen MR) is 99.2 cm³/mol. The Balaban J connectivity index is 1.46. The minimum Gasteiger partial charge on any atom is -0.338 e. The Bertz CT molecular complexity index is 866. The first-order valence-electron chi connectivity index (χ1n) is 9.13. The molecule has 0 bridgehead atoms. The number of aryl methyl sites for hydroxylation is 1. The number of hydrogen-bond donors (Lipinski definition) is 0. The molecule has 0 atom stereocenters. The Kier molecular flexibility index (Phi) is 4.75. The second-order valence-corrected chi connectivity index (χ2v) is 7.04. The smallest absolute Gasteiger partial charge is 0.241 e. The third kappa shape index (κ3) is 3.80. The number of hydrogen-bond acceptors (Lipinski definition) is 6. The maximum absolute atomic E-state index is 5.46. The number of rotatable bonds is 4. The third-order valence-electron chi connectivity index (χ3n) is 4.92. The van der Waals surface area contributed by atoms with E-state index < -0.39 is 0 Å². The fourth-order valence-electron chi connectivity index (χ4n) is 3.25. The molecule has 1 aliphatic rings. The Morgan fingerprint density at radius 1 is 1.04 bits per heavy atom. The molecule has 0 spiro atoms. The molecule has 1 fully saturated rings. The monoisotopic (exact) mass is 349 g/mol. The first-order chi connectivity index (χ1) is 12.7. The van der Waals surface area contributed by atoms with Crippen LogP contribution >= 0.6 is 0 Å². The first-order valence-corrected chi connectivity index (χ1v) is 9.13. The molecule has 4 rings (SSSR count). The van der Waals surface area contributed by atoms with Crippen molar-refractivity contribution in [2.75, 3.05) is 13.1 Å². The Morgan fingerprint density at radius 2 is 1.77 bits per heavy atom. The van der Waals surface area contributed by atoms with Gasteiger partial charge in [0.05, 0.1) is 12.2 Å². The molecule has 1 aliphatic heterocycles. The molecule has 0 unspecified atom stereocenters. The van der Waals surface area contributed by atoms with Crippen LogP contribution in [-0.2, 0) is 6.54 Å². The number of nitrogens with zero attached hydrogens (tertiary/aromatic N) is 5. The van der Waals surface area contributed by atoms with E-state index in [9.17, 15) is 0 Å². The zero-order valence-electron chi connectivity index (χ0n) is 15.2. The topological polar surface area (TPSA) is 67.9 Å². The standard InChI is InChI=1S/C20H23N5O/c1-14-8-11-25(12-9-14)13-19-23-20(24-26-19)17-5-3-16(4-6-17)18-7-10-21-15(2)22-18/h3-7,10,14H,8-9,11-13H2,1-2H3. The molecule has 3 heterocycles. The summed E-state index contributed by atoms with van der Waals surface area (Å²) in [6, 6.07) is 9.97. The first kappa shape index (κ1) is 16.8. The van der Waals surface area contributed by atoms with Gasteiger partial charge in [0.15, 0.2) is 0 Å². The molecule has 0 N–H and O–H groups in total. The lowest BCUT2D eigenvalue weighted by molar-refractivity contribution is 0.165. The maximum atomic E-state index is 5.46. The highest BCUT2D eigenvalue weighted by atomic mass is 16.5. The van der Waals surface area contributed by atoms with Crippen molar-refractivity contribution in [1.82, 2.24) is 25.0 Å². The van der Waals surface area contributed by atoms with Gasteiger partial charge in [-0.15, -0.1) is 0 Å². The molecule has 0 saturated carbocycles. The number of aromatic nitrogens is 4. The summed E-state index contributed by atoms with van der Waals surface area (Å²) < 4.78 is 5.46. The molecule has 1 aromatic carbocycles. The van der Waals surface area contributed by atoms with Crippen LogP contribution in [-0.4, -0.2) is 38.1 Å². The quantitative estimate of drug-likeness (QED) is 0.715. The summed E-state index contributed by atoms with van der Waals surface area (Å²) in [5.74, 6) is 2.91. The molecule has 0 radical (unpaired) electrons. The van der Waals surface area contributed by atoms with E-state index in [0.29, 0.717) is 11.7 Å². The third-order valence-corrected chi connectivity index (χ3v) is 4.92. The van der Waals surface area contributed by atoms with Crippen LogP contribution in [0.25, 0.3) is 22.6 Å². The van der Waals surface area contributed by atoms with Crippen LogP contribution in [0.15, 0.2) is 41.1 Å². The molecule has 0 amide bonds. The fraction of sp³-hybridized carbons (Fsp3) is 0.400. The van der Waals surface area contributed by atoms with Gasteiger partial charge in [-0.25, -0.2) is 9.97 Å². The van der Waals surface area contributed by atoms with E-state index in [0.717, 1.165) is 48.2 Å². The summed E-state index contributed by atoms with van der Waals surface area (Å²) in [6.07, 6.45) is 4.26. The van der Waals surface area contributed by atoms with E-state index in [2.05, 4.69) is 31.9 Å². The van der Waals surface area contributed by atoms with Crippen LogP contribution in [0.5, 0.6) is 0 Å². The molecule has 6 heteroatoms. The highest BCUT2D eigenvalue weighted by molar-refractivity contribution is 5.64. The van der Waals surface area contributed by atoms with Crippen molar-refractivity contribution < 1.29 is 4.52 Å². The Hall–Kier alpha value is -2.60. The molecule has 0 aliphatic carbocycles. The lowest BCUT2D eigenvalue weighted by atomic mass is 9.99. The van der Waals surface area contributed by atoms with Crippen molar-refractivity contribution >= 4 is 0 Å². The molecule has 3 aromatic rings. The minimum atomic E-state index is 0.635. The van der Waals surface area contributed by atoms with E-state index in [4.69, 9.17) is 4.52 Å². The van der Waals surface area contributed by atoms with E-state index in [1.165, 1.54) is 12.8 Å². The summed E-state index contributed by atoms with van der Waals surface area (Å²) in [5, 5.41) is 4.15. The number of piperidine rings is 1. The zero-order chi connectivity index (χ0) is 17.9. The zero-order valence-corrected chi connectivity index (χ0v) is 15.2. The molecule has 26 heavy (non-hydrogen) atoms. The summed E-state index contributed by atoms with van der Waals surface area (Å²) in [7, 11) is 0. The van der Waals surface area contributed by atoms with Gasteiger partial charge in [-0.2, -0.15) is 4.98 Å². The molecule has 1 saturated heterocycles. The molecular formula is C20H23N5O. The molecule has 134 valence electrons. The molecular weight excluding hydrogens is 326 g/mol. The molecule has 2 aromatic heterocycles. The van der Waals surface area contributed by atoms with Crippen LogP contribution in [0.1, 0.15) is 31.5 Å². The minimum absolute atomic E-state index is 0.635.